The third-order valence-electron chi connectivity index (χ3n) is 5.25. The number of likely N-dealkylation sites (tertiary alicyclic amines) is 1. The predicted octanol–water partition coefficient (Wildman–Crippen LogP) is 3.74. The van der Waals surface area contributed by atoms with Gasteiger partial charge in [0.25, 0.3) is 0 Å². The zero-order chi connectivity index (χ0) is 22.6. The molecule has 1 saturated heterocycles. The maximum Gasteiger partial charge on any atom is 0.408 e. The summed E-state index contributed by atoms with van der Waals surface area (Å²) >= 11 is 0. The Morgan fingerprint density at radius 3 is 2.77 bits per heavy atom. The van der Waals surface area contributed by atoms with Gasteiger partial charge in [-0.15, -0.1) is 0 Å². The summed E-state index contributed by atoms with van der Waals surface area (Å²) in [7, 11) is 0. The van der Waals surface area contributed by atoms with E-state index in [1.165, 1.54) is 0 Å². The molecule has 8 nitrogen and oxygen atoms in total. The first kappa shape index (κ1) is 22.8. The molecule has 2 heterocycles. The second-order valence-corrected chi connectivity index (χ2v) is 9.19. The molecule has 8 heteroatoms. The van der Waals surface area contributed by atoms with Gasteiger partial charge in [-0.1, -0.05) is 29.4 Å². The molecule has 0 aliphatic carbocycles. The number of piperidine rings is 1. The Bertz CT molecular complexity index is 918. The van der Waals surface area contributed by atoms with Crippen molar-refractivity contribution >= 4 is 12.0 Å². The minimum atomic E-state index is -0.648. The lowest BCUT2D eigenvalue weighted by atomic mass is 9.94. The summed E-state index contributed by atoms with van der Waals surface area (Å²) in [5, 5.41) is 6.76. The van der Waals surface area contributed by atoms with Gasteiger partial charge in [0.2, 0.25) is 17.6 Å². The van der Waals surface area contributed by atoms with Gasteiger partial charge >= 0.3 is 6.09 Å². The molecular weight excluding hydrogens is 396 g/mol. The normalized spacial score (nSPS) is 17.8. The van der Waals surface area contributed by atoms with Crippen LogP contribution in [0.4, 0.5) is 4.79 Å². The third kappa shape index (κ3) is 6.29. The van der Waals surface area contributed by atoms with Crippen molar-refractivity contribution in [3.63, 3.8) is 0 Å². The lowest BCUT2D eigenvalue weighted by molar-refractivity contribution is -0.134. The average molecular weight is 429 g/mol. The fourth-order valence-corrected chi connectivity index (χ4v) is 3.77. The Labute approximate surface area is 183 Å². The van der Waals surface area contributed by atoms with E-state index in [9.17, 15) is 9.59 Å². The van der Waals surface area contributed by atoms with E-state index in [4.69, 9.17) is 9.26 Å². The number of benzene rings is 1. The highest BCUT2D eigenvalue weighted by atomic mass is 16.6. The van der Waals surface area contributed by atoms with Crippen LogP contribution in [0.3, 0.4) is 0 Å². The van der Waals surface area contributed by atoms with Crippen molar-refractivity contribution in [1.82, 2.24) is 20.4 Å². The topological polar surface area (TPSA) is 97.6 Å². The highest BCUT2D eigenvalue weighted by Crippen LogP contribution is 2.24. The number of nitrogens with zero attached hydrogens (tertiary/aromatic N) is 3. The molecule has 2 amide bonds. The molecule has 2 atom stereocenters. The summed E-state index contributed by atoms with van der Waals surface area (Å²) in [5.41, 5.74) is 1.44. The molecule has 1 aliphatic heterocycles. The van der Waals surface area contributed by atoms with E-state index in [1.807, 2.05) is 31.2 Å². The Hall–Kier alpha value is -2.90. The van der Waals surface area contributed by atoms with Crippen LogP contribution in [0.15, 0.2) is 28.8 Å². The van der Waals surface area contributed by atoms with Crippen molar-refractivity contribution in [3.05, 3.63) is 35.7 Å². The quantitative estimate of drug-likeness (QED) is 0.779. The Morgan fingerprint density at radius 2 is 2.06 bits per heavy atom. The minimum Gasteiger partial charge on any atom is -0.444 e. The van der Waals surface area contributed by atoms with E-state index in [0.717, 1.165) is 24.0 Å². The first-order chi connectivity index (χ1) is 14.6. The van der Waals surface area contributed by atoms with Crippen molar-refractivity contribution in [2.24, 2.45) is 5.92 Å². The summed E-state index contributed by atoms with van der Waals surface area (Å²) in [4.78, 5) is 31.2. The molecule has 1 aromatic heterocycles. The van der Waals surface area contributed by atoms with Crippen molar-refractivity contribution < 1.29 is 18.8 Å². The highest BCUT2D eigenvalue weighted by molar-refractivity contribution is 5.85. The van der Waals surface area contributed by atoms with Gasteiger partial charge in [0.15, 0.2) is 0 Å². The summed E-state index contributed by atoms with van der Waals surface area (Å²) in [5.74, 6) is 1.29. The molecule has 1 N–H and O–H groups in total. The molecule has 1 aromatic carbocycles. The zero-order valence-electron chi connectivity index (χ0n) is 19.0. The molecule has 31 heavy (non-hydrogen) atoms. The zero-order valence-corrected chi connectivity index (χ0v) is 19.0. The molecule has 0 radical (unpaired) electrons. The second kappa shape index (κ2) is 9.49. The molecule has 168 valence electrons. The molecule has 0 spiro atoms. The van der Waals surface area contributed by atoms with E-state index in [2.05, 4.69) is 15.5 Å². The van der Waals surface area contributed by atoms with Crippen LogP contribution in [0.25, 0.3) is 11.4 Å². The number of carbonyl (C=O) groups excluding carboxylic acids is 2. The van der Waals surface area contributed by atoms with Crippen LogP contribution in [-0.2, 0) is 16.0 Å². The molecule has 3 rings (SSSR count). The van der Waals surface area contributed by atoms with Crippen molar-refractivity contribution in [2.45, 2.75) is 65.5 Å². The average Bonchev–Trinajstić information content (AvgIpc) is 3.14. The monoisotopic (exact) mass is 428 g/mol. The van der Waals surface area contributed by atoms with Crippen molar-refractivity contribution in [3.8, 4) is 11.4 Å². The van der Waals surface area contributed by atoms with Crippen LogP contribution >= 0.6 is 0 Å². The maximum absolute atomic E-state index is 12.8. The Morgan fingerprint density at radius 1 is 1.32 bits per heavy atom. The minimum absolute atomic E-state index is 0.110. The summed E-state index contributed by atoms with van der Waals surface area (Å²) in [6.07, 6.45) is 1.92. The number of alkyl carbamates (subject to hydrolysis) is 1. The number of ether oxygens (including phenoxy) is 1. The molecule has 2 aromatic rings. The van der Waals surface area contributed by atoms with Gasteiger partial charge in [-0.3, -0.25) is 4.79 Å². The standard InChI is InChI=1S/C23H32N4O4/c1-15-9-6-7-11-18(15)20-25-19(31-26-20)13-17-10-8-12-27(14-17)21(28)16(2)24-22(29)30-23(3,4)5/h6-7,9,11,16-17H,8,10,12-14H2,1-5H3,(H,24,29)/t16-,17-/m1/s1. The lowest BCUT2D eigenvalue weighted by Crippen LogP contribution is -2.51. The first-order valence-corrected chi connectivity index (χ1v) is 10.8. The fourth-order valence-electron chi connectivity index (χ4n) is 3.77. The number of amides is 2. The molecule has 0 bridgehead atoms. The Balaban J connectivity index is 1.56. The Kier molecular flexibility index (Phi) is 6.97. The number of carbonyl (C=O) groups is 2. The van der Waals surface area contributed by atoms with Gasteiger partial charge in [-0.05, 0) is 58.9 Å². The number of rotatable bonds is 5. The van der Waals surface area contributed by atoms with Crippen molar-refractivity contribution in [2.75, 3.05) is 13.1 Å². The number of hydrogen-bond donors (Lipinski definition) is 1. The van der Waals surface area contributed by atoms with Crippen LogP contribution < -0.4 is 5.32 Å². The van der Waals surface area contributed by atoms with Crippen LogP contribution in [-0.4, -0.2) is 51.8 Å². The van der Waals surface area contributed by atoms with E-state index >= 15 is 0 Å². The van der Waals surface area contributed by atoms with Gasteiger partial charge in [0, 0.05) is 25.1 Å². The largest absolute Gasteiger partial charge is 0.444 e. The number of hydrogen-bond acceptors (Lipinski definition) is 6. The third-order valence-corrected chi connectivity index (χ3v) is 5.25. The maximum atomic E-state index is 12.8. The van der Waals surface area contributed by atoms with Gasteiger partial charge in [-0.2, -0.15) is 4.98 Å². The predicted molar refractivity (Wildman–Crippen MR) is 116 cm³/mol. The van der Waals surface area contributed by atoms with E-state index in [0.29, 0.717) is 31.2 Å². The van der Waals surface area contributed by atoms with Crippen molar-refractivity contribution in [1.29, 1.82) is 0 Å². The smallest absolute Gasteiger partial charge is 0.408 e. The number of aryl methyl sites for hydroxylation is 1. The molecule has 0 unspecified atom stereocenters. The van der Waals surface area contributed by atoms with E-state index < -0.39 is 17.7 Å². The van der Waals surface area contributed by atoms with Crippen LogP contribution in [0.1, 0.15) is 52.0 Å². The molecule has 0 saturated carbocycles. The second-order valence-electron chi connectivity index (χ2n) is 9.19. The van der Waals surface area contributed by atoms with E-state index in [-0.39, 0.29) is 11.8 Å². The molecule has 1 aliphatic rings. The van der Waals surface area contributed by atoms with Crippen LogP contribution in [0.2, 0.25) is 0 Å². The van der Waals surface area contributed by atoms with Crippen LogP contribution in [0.5, 0.6) is 0 Å². The van der Waals surface area contributed by atoms with Gasteiger partial charge in [0.1, 0.15) is 11.6 Å². The van der Waals surface area contributed by atoms with Gasteiger partial charge in [-0.25, -0.2) is 4.79 Å². The fraction of sp³-hybridized carbons (Fsp3) is 0.565. The first-order valence-electron chi connectivity index (χ1n) is 10.8. The molecular formula is C23H32N4O4. The highest BCUT2D eigenvalue weighted by Gasteiger charge is 2.29. The SMILES string of the molecule is Cc1ccccc1-c1noc(C[C@H]2CCCN(C(=O)[C@@H](C)NC(=O)OC(C)(C)C)C2)n1. The number of nitrogens with one attached hydrogen (secondary N) is 1. The summed E-state index contributed by atoms with van der Waals surface area (Å²) in [6.45, 7) is 10.3. The lowest BCUT2D eigenvalue weighted by Gasteiger charge is -2.34. The molecule has 1 fully saturated rings. The van der Waals surface area contributed by atoms with Crippen LogP contribution in [0, 0.1) is 12.8 Å². The summed E-state index contributed by atoms with van der Waals surface area (Å²) < 4.78 is 10.7. The summed E-state index contributed by atoms with van der Waals surface area (Å²) in [6, 6.07) is 7.28. The van der Waals surface area contributed by atoms with E-state index in [1.54, 1.807) is 32.6 Å². The van der Waals surface area contributed by atoms with Gasteiger partial charge in [0.05, 0.1) is 0 Å². The van der Waals surface area contributed by atoms with Gasteiger partial charge < -0.3 is 19.5 Å². The number of aromatic nitrogens is 2.